The number of methoxy groups -OCH3 is 2. The van der Waals surface area contributed by atoms with Crippen molar-refractivity contribution in [3.05, 3.63) is 103 Å². The summed E-state index contributed by atoms with van der Waals surface area (Å²) in [6, 6.07) is 17.4. The van der Waals surface area contributed by atoms with Crippen molar-refractivity contribution in [3.8, 4) is 11.5 Å². The van der Waals surface area contributed by atoms with Crippen LogP contribution in [0.4, 0.5) is 0 Å². The standard InChI is InChI=1S/C30H32ClN3O5/c1-19(2)13-14-32-28(35)21-11-9-20(10-12-21)17-34-29(36)23-15-26(38-3)27(39-4)16-25(23)33(30(34)37)18-22-7-5-6-8-24(22)31/h5-12,15-16,19H,13-14,17-18H2,1-4H3,(H,32,35). The van der Waals surface area contributed by atoms with Gasteiger partial charge in [-0.2, -0.15) is 0 Å². The van der Waals surface area contributed by atoms with Gasteiger partial charge in [0.1, 0.15) is 0 Å². The number of fused-ring (bicyclic) bond motifs is 1. The van der Waals surface area contributed by atoms with Crippen molar-refractivity contribution in [1.29, 1.82) is 0 Å². The monoisotopic (exact) mass is 549 g/mol. The molecule has 0 fully saturated rings. The van der Waals surface area contributed by atoms with E-state index in [0.717, 1.165) is 12.0 Å². The van der Waals surface area contributed by atoms with Crippen molar-refractivity contribution in [2.45, 2.75) is 33.4 Å². The molecule has 1 aromatic heterocycles. The molecular weight excluding hydrogens is 518 g/mol. The summed E-state index contributed by atoms with van der Waals surface area (Å²) in [6.45, 7) is 4.99. The maximum Gasteiger partial charge on any atom is 0.332 e. The van der Waals surface area contributed by atoms with Gasteiger partial charge in [0.25, 0.3) is 11.5 Å². The van der Waals surface area contributed by atoms with Crippen LogP contribution in [0.25, 0.3) is 10.9 Å². The van der Waals surface area contributed by atoms with E-state index in [0.29, 0.717) is 51.0 Å². The van der Waals surface area contributed by atoms with E-state index in [2.05, 4.69) is 19.2 Å². The zero-order chi connectivity index (χ0) is 28.1. The third kappa shape index (κ3) is 6.17. The van der Waals surface area contributed by atoms with Crippen LogP contribution in [0.1, 0.15) is 41.8 Å². The van der Waals surface area contributed by atoms with E-state index in [1.807, 2.05) is 18.2 Å². The molecule has 9 heteroatoms. The van der Waals surface area contributed by atoms with Gasteiger partial charge in [-0.3, -0.25) is 18.7 Å². The van der Waals surface area contributed by atoms with Crippen molar-refractivity contribution < 1.29 is 14.3 Å². The van der Waals surface area contributed by atoms with Crippen LogP contribution >= 0.6 is 11.6 Å². The molecule has 39 heavy (non-hydrogen) atoms. The third-order valence-corrected chi connectivity index (χ3v) is 6.95. The predicted molar refractivity (Wildman–Crippen MR) is 153 cm³/mol. The molecule has 3 aromatic carbocycles. The Kier molecular flexibility index (Phi) is 8.76. The van der Waals surface area contributed by atoms with Crippen LogP contribution < -0.4 is 26.0 Å². The molecule has 1 N–H and O–H groups in total. The molecule has 0 saturated carbocycles. The van der Waals surface area contributed by atoms with Gasteiger partial charge >= 0.3 is 5.69 Å². The average molecular weight is 550 g/mol. The minimum atomic E-state index is -0.491. The topological polar surface area (TPSA) is 91.6 Å². The highest BCUT2D eigenvalue weighted by molar-refractivity contribution is 6.31. The molecule has 0 unspecified atom stereocenters. The van der Waals surface area contributed by atoms with Crippen molar-refractivity contribution in [1.82, 2.24) is 14.5 Å². The Bertz CT molecular complexity index is 1610. The smallest absolute Gasteiger partial charge is 0.332 e. The highest BCUT2D eigenvalue weighted by Gasteiger charge is 2.18. The number of rotatable bonds is 10. The first kappa shape index (κ1) is 28.0. The van der Waals surface area contributed by atoms with Crippen LogP contribution in [-0.2, 0) is 13.1 Å². The fourth-order valence-corrected chi connectivity index (χ4v) is 4.55. The Morgan fingerprint density at radius 1 is 0.923 bits per heavy atom. The molecule has 0 saturated heterocycles. The SMILES string of the molecule is COc1cc2c(=O)n(Cc3ccc(C(=O)NCCC(C)C)cc3)c(=O)n(Cc3ccccc3Cl)c2cc1OC. The number of nitrogens with zero attached hydrogens (tertiary/aromatic N) is 2. The van der Waals surface area contributed by atoms with Gasteiger partial charge in [-0.05, 0) is 47.7 Å². The van der Waals surface area contributed by atoms with E-state index in [1.165, 1.54) is 23.4 Å². The summed E-state index contributed by atoms with van der Waals surface area (Å²) in [7, 11) is 2.98. The molecule has 8 nitrogen and oxygen atoms in total. The number of halogens is 1. The number of carbonyl (C=O) groups excluding carboxylic acids is 1. The fraction of sp³-hybridized carbons (Fsp3) is 0.300. The summed E-state index contributed by atoms with van der Waals surface area (Å²) in [5.41, 5.74) is 1.41. The maximum absolute atomic E-state index is 13.8. The Morgan fingerprint density at radius 3 is 2.23 bits per heavy atom. The number of amides is 1. The van der Waals surface area contributed by atoms with Gasteiger partial charge in [-0.1, -0.05) is 55.8 Å². The van der Waals surface area contributed by atoms with Crippen LogP contribution in [0.2, 0.25) is 5.02 Å². The Balaban J connectivity index is 1.76. The van der Waals surface area contributed by atoms with E-state index in [-0.39, 0.29) is 19.0 Å². The largest absolute Gasteiger partial charge is 0.493 e. The number of ether oxygens (including phenoxy) is 2. The Labute approximate surface area is 231 Å². The van der Waals surface area contributed by atoms with E-state index in [1.54, 1.807) is 42.5 Å². The molecule has 0 aliphatic rings. The molecule has 0 aliphatic heterocycles. The van der Waals surface area contributed by atoms with Gasteiger partial charge in [-0.15, -0.1) is 0 Å². The summed E-state index contributed by atoms with van der Waals surface area (Å²) < 4.78 is 13.6. The van der Waals surface area contributed by atoms with E-state index in [9.17, 15) is 14.4 Å². The number of aromatic nitrogens is 2. The Hall–Kier alpha value is -4.04. The summed E-state index contributed by atoms with van der Waals surface area (Å²) in [5, 5.41) is 3.73. The number of carbonyl (C=O) groups is 1. The lowest BCUT2D eigenvalue weighted by Crippen LogP contribution is -2.40. The van der Waals surface area contributed by atoms with Crippen LogP contribution in [-0.4, -0.2) is 35.8 Å². The van der Waals surface area contributed by atoms with E-state index in [4.69, 9.17) is 21.1 Å². The van der Waals surface area contributed by atoms with Crippen molar-refractivity contribution in [2.75, 3.05) is 20.8 Å². The minimum absolute atomic E-state index is 0.0275. The lowest BCUT2D eigenvalue weighted by molar-refractivity contribution is 0.0952. The molecule has 4 aromatic rings. The highest BCUT2D eigenvalue weighted by Crippen LogP contribution is 2.31. The van der Waals surface area contributed by atoms with Crippen LogP contribution in [0.15, 0.2) is 70.3 Å². The van der Waals surface area contributed by atoms with Gasteiger partial charge < -0.3 is 14.8 Å². The van der Waals surface area contributed by atoms with E-state index >= 15 is 0 Å². The summed E-state index contributed by atoms with van der Waals surface area (Å²) in [5.74, 6) is 1.12. The molecule has 204 valence electrons. The van der Waals surface area contributed by atoms with Crippen LogP contribution in [0.3, 0.4) is 0 Å². The second kappa shape index (κ2) is 12.2. The normalized spacial score (nSPS) is 11.1. The number of nitrogens with one attached hydrogen (secondary N) is 1. The minimum Gasteiger partial charge on any atom is -0.493 e. The molecular formula is C30H32ClN3O5. The zero-order valence-electron chi connectivity index (χ0n) is 22.5. The van der Waals surface area contributed by atoms with Gasteiger partial charge in [-0.25, -0.2) is 4.79 Å². The molecule has 0 aliphatic carbocycles. The highest BCUT2D eigenvalue weighted by atomic mass is 35.5. The molecule has 4 rings (SSSR count). The lowest BCUT2D eigenvalue weighted by Gasteiger charge is -2.17. The van der Waals surface area contributed by atoms with Crippen LogP contribution in [0, 0.1) is 5.92 Å². The summed E-state index contributed by atoms with van der Waals surface area (Å²) >= 11 is 6.41. The third-order valence-electron chi connectivity index (χ3n) is 6.58. The quantitative estimate of drug-likeness (QED) is 0.309. The second-order valence-electron chi connectivity index (χ2n) is 9.71. The predicted octanol–water partition coefficient (Wildman–Crippen LogP) is 4.71. The first-order chi connectivity index (χ1) is 18.7. The molecule has 0 bridgehead atoms. The van der Waals surface area contributed by atoms with Crippen molar-refractivity contribution in [3.63, 3.8) is 0 Å². The van der Waals surface area contributed by atoms with Crippen LogP contribution in [0.5, 0.6) is 11.5 Å². The Morgan fingerprint density at radius 2 is 1.59 bits per heavy atom. The molecule has 1 amide bonds. The molecule has 0 radical (unpaired) electrons. The first-order valence-corrected chi connectivity index (χ1v) is 13.1. The summed E-state index contributed by atoms with van der Waals surface area (Å²) in [4.78, 5) is 39.8. The zero-order valence-corrected chi connectivity index (χ0v) is 23.2. The fourth-order valence-electron chi connectivity index (χ4n) is 4.35. The van der Waals surface area contributed by atoms with Gasteiger partial charge in [0, 0.05) is 23.2 Å². The van der Waals surface area contributed by atoms with Gasteiger partial charge in [0.05, 0.1) is 38.2 Å². The van der Waals surface area contributed by atoms with Gasteiger partial charge in [0.2, 0.25) is 0 Å². The number of benzene rings is 3. The van der Waals surface area contributed by atoms with Crippen molar-refractivity contribution >= 4 is 28.4 Å². The first-order valence-electron chi connectivity index (χ1n) is 12.7. The second-order valence-corrected chi connectivity index (χ2v) is 10.1. The molecule has 0 atom stereocenters. The maximum atomic E-state index is 13.8. The van der Waals surface area contributed by atoms with E-state index < -0.39 is 11.2 Å². The summed E-state index contributed by atoms with van der Waals surface area (Å²) in [6.07, 6.45) is 0.895. The number of hydrogen-bond donors (Lipinski definition) is 1. The van der Waals surface area contributed by atoms with Gasteiger partial charge in [0.15, 0.2) is 11.5 Å². The lowest BCUT2D eigenvalue weighted by atomic mass is 10.1. The molecule has 0 spiro atoms. The molecule has 1 heterocycles. The number of hydrogen-bond acceptors (Lipinski definition) is 5. The van der Waals surface area contributed by atoms with Crippen molar-refractivity contribution in [2.24, 2.45) is 5.92 Å². The average Bonchev–Trinajstić information content (AvgIpc) is 2.93.